The molecule has 0 radical (unpaired) electrons. The molecule has 0 aliphatic carbocycles. The number of benzene rings is 1. The lowest BCUT2D eigenvalue weighted by atomic mass is 10.0. The van der Waals surface area contributed by atoms with Gasteiger partial charge in [-0.3, -0.25) is 0 Å². The van der Waals surface area contributed by atoms with Gasteiger partial charge < -0.3 is 18.9 Å². The molecular formula is C20H26N4O3. The third-order valence-electron chi connectivity index (χ3n) is 4.76. The average Bonchev–Trinajstić information content (AvgIpc) is 3.05. The highest BCUT2D eigenvalue weighted by Gasteiger charge is 2.28. The topological polar surface area (TPSA) is 73.5 Å². The van der Waals surface area contributed by atoms with Gasteiger partial charge >= 0.3 is 0 Å². The minimum absolute atomic E-state index is 0.271. The Labute approximate surface area is 159 Å². The zero-order chi connectivity index (χ0) is 19.7. The minimum atomic E-state index is -0.271. The zero-order valence-corrected chi connectivity index (χ0v) is 16.9. The number of ether oxygens (including phenoxy) is 2. The fraction of sp³-hybridized carbons (Fsp3) is 0.450. The standard InChI is InChI=1S/C20H26N4O3/c1-11-8-9-16(12(2)10-11)17-18-19(27-23-17)20(22-13(3)21-18)24(14(4)25-6)15(5)26-7/h8-10,14-15H,1-7H3. The molecule has 7 nitrogen and oxygen atoms in total. The summed E-state index contributed by atoms with van der Waals surface area (Å²) in [6.45, 7) is 9.84. The van der Waals surface area contributed by atoms with Crippen LogP contribution in [0.5, 0.6) is 0 Å². The van der Waals surface area contributed by atoms with Gasteiger partial charge in [-0.1, -0.05) is 28.9 Å². The largest absolute Gasteiger partial charge is 0.362 e. The van der Waals surface area contributed by atoms with Crippen molar-refractivity contribution < 1.29 is 14.0 Å². The SMILES string of the molecule is COC(C)N(c1nc(C)nc2c(-c3ccc(C)cc3C)noc12)C(C)OC. The highest BCUT2D eigenvalue weighted by molar-refractivity contribution is 5.94. The summed E-state index contributed by atoms with van der Waals surface area (Å²) in [5.41, 5.74) is 5.23. The molecule has 2 unspecified atom stereocenters. The van der Waals surface area contributed by atoms with Crippen LogP contribution in [0.3, 0.4) is 0 Å². The van der Waals surface area contributed by atoms with Crippen molar-refractivity contribution in [3.63, 3.8) is 0 Å². The maximum absolute atomic E-state index is 5.72. The molecule has 0 fully saturated rings. The Kier molecular flexibility index (Phi) is 5.43. The highest BCUT2D eigenvalue weighted by Crippen LogP contribution is 2.34. The lowest BCUT2D eigenvalue weighted by molar-refractivity contribution is 0.0419. The van der Waals surface area contributed by atoms with Crippen molar-refractivity contribution in [2.45, 2.75) is 47.1 Å². The monoisotopic (exact) mass is 370 g/mol. The van der Waals surface area contributed by atoms with Crippen LogP contribution in [0.15, 0.2) is 22.7 Å². The molecule has 0 spiro atoms. The van der Waals surface area contributed by atoms with Crippen molar-refractivity contribution >= 4 is 16.9 Å². The van der Waals surface area contributed by atoms with E-state index < -0.39 is 0 Å². The van der Waals surface area contributed by atoms with E-state index in [0.717, 1.165) is 11.1 Å². The fourth-order valence-electron chi connectivity index (χ4n) is 3.22. The summed E-state index contributed by atoms with van der Waals surface area (Å²) in [6.07, 6.45) is -0.542. The molecular weight excluding hydrogens is 344 g/mol. The number of anilines is 1. The number of aryl methyl sites for hydroxylation is 3. The first-order valence-electron chi connectivity index (χ1n) is 8.93. The van der Waals surface area contributed by atoms with Crippen LogP contribution in [0, 0.1) is 20.8 Å². The molecule has 0 N–H and O–H groups in total. The van der Waals surface area contributed by atoms with E-state index in [0.29, 0.717) is 28.4 Å². The van der Waals surface area contributed by atoms with Crippen LogP contribution in [0.4, 0.5) is 5.82 Å². The molecule has 2 heterocycles. The quantitative estimate of drug-likeness (QED) is 0.607. The first-order chi connectivity index (χ1) is 12.9. The summed E-state index contributed by atoms with van der Waals surface area (Å²) in [4.78, 5) is 11.1. The number of rotatable bonds is 6. The van der Waals surface area contributed by atoms with Gasteiger partial charge in [0.25, 0.3) is 0 Å². The highest BCUT2D eigenvalue weighted by atomic mass is 16.5. The second kappa shape index (κ2) is 7.62. The van der Waals surface area contributed by atoms with Crippen molar-refractivity contribution in [3.8, 4) is 11.3 Å². The number of methoxy groups -OCH3 is 2. The summed E-state index contributed by atoms with van der Waals surface area (Å²) in [5.74, 6) is 1.23. The zero-order valence-electron chi connectivity index (χ0n) is 16.9. The summed E-state index contributed by atoms with van der Waals surface area (Å²) >= 11 is 0. The van der Waals surface area contributed by atoms with Crippen molar-refractivity contribution in [2.75, 3.05) is 19.1 Å². The number of fused-ring (bicyclic) bond motifs is 1. The Balaban J connectivity index is 2.23. The second-order valence-electron chi connectivity index (χ2n) is 6.70. The van der Waals surface area contributed by atoms with E-state index in [9.17, 15) is 0 Å². The molecule has 144 valence electrons. The van der Waals surface area contributed by atoms with Gasteiger partial charge in [-0.15, -0.1) is 0 Å². The first kappa shape index (κ1) is 19.3. The van der Waals surface area contributed by atoms with E-state index in [2.05, 4.69) is 41.1 Å². The minimum Gasteiger partial charge on any atom is -0.362 e. The van der Waals surface area contributed by atoms with Crippen molar-refractivity contribution in [1.82, 2.24) is 15.1 Å². The Bertz CT molecular complexity index is 944. The number of aromatic nitrogens is 3. The van der Waals surface area contributed by atoms with E-state index in [4.69, 9.17) is 14.0 Å². The van der Waals surface area contributed by atoms with Crippen LogP contribution in [-0.4, -0.2) is 41.8 Å². The van der Waals surface area contributed by atoms with E-state index in [1.165, 1.54) is 5.56 Å². The van der Waals surface area contributed by atoms with Crippen LogP contribution in [0.2, 0.25) is 0 Å². The van der Waals surface area contributed by atoms with E-state index >= 15 is 0 Å². The lowest BCUT2D eigenvalue weighted by Gasteiger charge is -2.33. The van der Waals surface area contributed by atoms with E-state index in [1.54, 1.807) is 14.2 Å². The van der Waals surface area contributed by atoms with Gasteiger partial charge in [0.15, 0.2) is 5.82 Å². The molecule has 27 heavy (non-hydrogen) atoms. The van der Waals surface area contributed by atoms with Gasteiger partial charge in [0.1, 0.15) is 29.5 Å². The summed E-state index contributed by atoms with van der Waals surface area (Å²) in [5, 5.41) is 4.32. The fourth-order valence-corrected chi connectivity index (χ4v) is 3.22. The molecule has 0 amide bonds. The number of nitrogens with zero attached hydrogens (tertiary/aromatic N) is 4. The smallest absolute Gasteiger partial charge is 0.228 e. The van der Waals surface area contributed by atoms with Crippen molar-refractivity contribution in [3.05, 3.63) is 35.2 Å². The van der Waals surface area contributed by atoms with Crippen LogP contribution < -0.4 is 4.90 Å². The van der Waals surface area contributed by atoms with Gasteiger partial charge in [-0.2, -0.15) is 0 Å². The molecule has 7 heteroatoms. The van der Waals surface area contributed by atoms with Crippen LogP contribution >= 0.6 is 0 Å². The molecule has 0 saturated carbocycles. The molecule has 0 aliphatic heterocycles. The van der Waals surface area contributed by atoms with Crippen LogP contribution in [0.1, 0.15) is 30.8 Å². The Morgan fingerprint density at radius 2 is 1.67 bits per heavy atom. The van der Waals surface area contributed by atoms with Crippen molar-refractivity contribution in [1.29, 1.82) is 0 Å². The van der Waals surface area contributed by atoms with Crippen LogP contribution in [0.25, 0.3) is 22.4 Å². The van der Waals surface area contributed by atoms with Gasteiger partial charge in [0.05, 0.1) is 0 Å². The molecule has 2 atom stereocenters. The molecule has 3 rings (SSSR count). The summed E-state index contributed by atoms with van der Waals surface area (Å²) in [6, 6.07) is 6.23. The molecule has 3 aromatic rings. The average molecular weight is 370 g/mol. The van der Waals surface area contributed by atoms with Gasteiger partial charge in [-0.25, -0.2) is 9.97 Å². The second-order valence-corrected chi connectivity index (χ2v) is 6.70. The Morgan fingerprint density at radius 1 is 1.00 bits per heavy atom. The molecule has 2 aromatic heterocycles. The van der Waals surface area contributed by atoms with Gasteiger partial charge in [-0.05, 0) is 40.2 Å². The Morgan fingerprint density at radius 3 is 2.26 bits per heavy atom. The maximum Gasteiger partial charge on any atom is 0.228 e. The number of hydrogen-bond donors (Lipinski definition) is 0. The summed E-state index contributed by atoms with van der Waals surface area (Å²) < 4.78 is 16.8. The first-order valence-corrected chi connectivity index (χ1v) is 8.93. The molecule has 0 bridgehead atoms. The number of hydrogen-bond acceptors (Lipinski definition) is 7. The normalized spacial score (nSPS) is 13.7. The van der Waals surface area contributed by atoms with Crippen LogP contribution in [-0.2, 0) is 9.47 Å². The van der Waals surface area contributed by atoms with E-state index in [-0.39, 0.29) is 12.5 Å². The van der Waals surface area contributed by atoms with E-state index in [1.807, 2.05) is 31.7 Å². The molecule has 1 aromatic carbocycles. The summed E-state index contributed by atoms with van der Waals surface area (Å²) in [7, 11) is 3.29. The lowest BCUT2D eigenvalue weighted by Crippen LogP contribution is -2.43. The molecule has 0 aliphatic rings. The van der Waals surface area contributed by atoms with Crippen molar-refractivity contribution in [2.24, 2.45) is 0 Å². The van der Waals surface area contributed by atoms with Gasteiger partial charge in [0.2, 0.25) is 5.58 Å². The third-order valence-corrected chi connectivity index (χ3v) is 4.76. The molecule has 0 saturated heterocycles. The predicted molar refractivity (Wildman–Crippen MR) is 105 cm³/mol. The third kappa shape index (κ3) is 3.52. The van der Waals surface area contributed by atoms with Gasteiger partial charge in [0, 0.05) is 19.8 Å². The maximum atomic E-state index is 5.72. The predicted octanol–water partition coefficient (Wildman–Crippen LogP) is 4.00. The Hall–Kier alpha value is -2.51.